The molecule has 0 saturated carbocycles. The van der Waals surface area contributed by atoms with Crippen LogP contribution in [0, 0.1) is 28.9 Å². The van der Waals surface area contributed by atoms with E-state index in [-0.39, 0.29) is 5.69 Å². The molecule has 0 spiro atoms. The number of rotatable bonds is 3. The number of nitro benzene ring substituents is 1. The number of anilines is 1. The summed E-state index contributed by atoms with van der Waals surface area (Å²) in [6, 6.07) is 4.89. The van der Waals surface area contributed by atoms with Crippen molar-refractivity contribution in [3.63, 3.8) is 0 Å². The molecule has 0 amide bonds. The third-order valence-corrected chi connectivity index (χ3v) is 1.83. The number of benzene rings is 1. The van der Waals surface area contributed by atoms with E-state index in [2.05, 4.69) is 17.2 Å². The second-order valence-electron chi connectivity index (χ2n) is 3.09. The zero-order valence-electron chi connectivity index (χ0n) is 8.70. The van der Waals surface area contributed by atoms with Crippen LogP contribution in [0.5, 0.6) is 0 Å². The number of nitro groups is 1. The molecule has 4 nitrogen and oxygen atoms in total. The van der Waals surface area contributed by atoms with Crippen LogP contribution >= 0.6 is 0 Å². The summed E-state index contributed by atoms with van der Waals surface area (Å²) in [4.78, 5) is 10.2. The SMILES string of the molecule is CC#CCNc1cc(C)cc([N+](=O)[O-])c1. The van der Waals surface area contributed by atoms with Gasteiger partial charge in [-0.3, -0.25) is 10.1 Å². The summed E-state index contributed by atoms with van der Waals surface area (Å²) in [6.45, 7) is 4.07. The smallest absolute Gasteiger partial charge is 0.271 e. The normalized spacial score (nSPS) is 8.93. The largest absolute Gasteiger partial charge is 0.374 e. The third kappa shape index (κ3) is 3.31. The van der Waals surface area contributed by atoms with Crippen LogP contribution in [0.4, 0.5) is 11.4 Å². The van der Waals surface area contributed by atoms with Crippen molar-refractivity contribution >= 4 is 11.4 Å². The van der Waals surface area contributed by atoms with Gasteiger partial charge in [-0.1, -0.05) is 5.92 Å². The van der Waals surface area contributed by atoms with E-state index in [1.165, 1.54) is 12.1 Å². The maximum atomic E-state index is 10.6. The van der Waals surface area contributed by atoms with Crippen LogP contribution in [-0.2, 0) is 0 Å². The molecule has 1 aromatic rings. The highest BCUT2D eigenvalue weighted by molar-refractivity contribution is 5.54. The Balaban J connectivity index is 2.87. The summed E-state index contributed by atoms with van der Waals surface area (Å²) in [7, 11) is 0. The Morgan fingerprint density at radius 3 is 2.80 bits per heavy atom. The van der Waals surface area contributed by atoms with Gasteiger partial charge in [-0.25, -0.2) is 0 Å². The van der Waals surface area contributed by atoms with Gasteiger partial charge in [-0.05, 0) is 25.5 Å². The van der Waals surface area contributed by atoms with Gasteiger partial charge in [0, 0.05) is 17.8 Å². The van der Waals surface area contributed by atoms with Gasteiger partial charge < -0.3 is 5.32 Å². The van der Waals surface area contributed by atoms with E-state index in [1.54, 1.807) is 6.92 Å². The molecule has 0 saturated heterocycles. The van der Waals surface area contributed by atoms with E-state index in [0.29, 0.717) is 6.54 Å². The molecular formula is C11H12N2O2. The highest BCUT2D eigenvalue weighted by atomic mass is 16.6. The van der Waals surface area contributed by atoms with E-state index < -0.39 is 4.92 Å². The Bertz CT molecular complexity index is 430. The predicted molar refractivity (Wildman–Crippen MR) is 59.8 cm³/mol. The minimum Gasteiger partial charge on any atom is -0.374 e. The summed E-state index contributed by atoms with van der Waals surface area (Å²) in [6.07, 6.45) is 0. The summed E-state index contributed by atoms with van der Waals surface area (Å²) in [5.41, 5.74) is 1.68. The molecule has 1 N–H and O–H groups in total. The molecule has 1 rings (SSSR count). The van der Waals surface area contributed by atoms with Crippen LogP contribution in [0.3, 0.4) is 0 Å². The van der Waals surface area contributed by atoms with Gasteiger partial charge >= 0.3 is 0 Å². The summed E-state index contributed by atoms with van der Waals surface area (Å²) in [5, 5.41) is 13.6. The topological polar surface area (TPSA) is 55.2 Å². The Labute approximate surface area is 88.5 Å². The fourth-order valence-corrected chi connectivity index (χ4v) is 1.20. The van der Waals surface area contributed by atoms with Gasteiger partial charge in [-0.15, -0.1) is 5.92 Å². The van der Waals surface area contributed by atoms with Crippen LogP contribution < -0.4 is 5.32 Å². The maximum Gasteiger partial charge on any atom is 0.271 e. The second-order valence-corrected chi connectivity index (χ2v) is 3.09. The van der Waals surface area contributed by atoms with Crippen molar-refractivity contribution in [1.82, 2.24) is 0 Å². The van der Waals surface area contributed by atoms with Crippen molar-refractivity contribution < 1.29 is 4.92 Å². The number of nitrogens with zero attached hydrogens (tertiary/aromatic N) is 1. The van der Waals surface area contributed by atoms with Gasteiger partial charge in [0.05, 0.1) is 11.5 Å². The number of hydrogen-bond donors (Lipinski definition) is 1. The van der Waals surface area contributed by atoms with Gasteiger partial charge in [0.25, 0.3) is 5.69 Å². The average molecular weight is 204 g/mol. The first kappa shape index (κ1) is 11.1. The quantitative estimate of drug-likeness (QED) is 0.467. The van der Waals surface area contributed by atoms with Crippen LogP contribution in [0.1, 0.15) is 12.5 Å². The number of nitrogens with one attached hydrogen (secondary N) is 1. The minimum absolute atomic E-state index is 0.0990. The fourth-order valence-electron chi connectivity index (χ4n) is 1.20. The lowest BCUT2D eigenvalue weighted by Gasteiger charge is -2.03. The first-order chi connectivity index (χ1) is 7.13. The molecule has 0 aliphatic rings. The lowest BCUT2D eigenvalue weighted by atomic mass is 10.2. The van der Waals surface area contributed by atoms with Gasteiger partial charge in [0.1, 0.15) is 0 Å². The molecule has 0 aromatic heterocycles. The predicted octanol–water partition coefficient (Wildman–Crippen LogP) is 2.34. The molecule has 0 unspecified atom stereocenters. The van der Waals surface area contributed by atoms with E-state index >= 15 is 0 Å². The molecule has 0 atom stereocenters. The molecule has 1 aromatic carbocycles. The Hall–Kier alpha value is -2.02. The summed E-state index contributed by atoms with van der Waals surface area (Å²) in [5.74, 6) is 5.58. The molecule has 78 valence electrons. The molecule has 0 aliphatic carbocycles. The molecular weight excluding hydrogens is 192 g/mol. The molecule has 0 radical (unpaired) electrons. The molecule has 0 heterocycles. The maximum absolute atomic E-state index is 10.6. The Kier molecular flexibility index (Phi) is 3.69. The zero-order chi connectivity index (χ0) is 11.3. The summed E-state index contributed by atoms with van der Waals surface area (Å²) < 4.78 is 0. The summed E-state index contributed by atoms with van der Waals surface area (Å²) >= 11 is 0. The number of aryl methyl sites for hydroxylation is 1. The molecule has 4 heteroatoms. The molecule has 0 bridgehead atoms. The molecule has 0 aliphatic heterocycles. The molecule has 0 fully saturated rings. The minimum atomic E-state index is -0.399. The van der Waals surface area contributed by atoms with Crippen LogP contribution in [0.15, 0.2) is 18.2 Å². The van der Waals surface area contributed by atoms with Crippen molar-refractivity contribution in [2.75, 3.05) is 11.9 Å². The standard InChI is InChI=1S/C11H12N2O2/c1-3-4-5-12-10-6-9(2)7-11(8-10)13(14)15/h6-8,12H,5H2,1-2H3. The van der Waals surface area contributed by atoms with Crippen molar-refractivity contribution in [1.29, 1.82) is 0 Å². The van der Waals surface area contributed by atoms with Gasteiger partial charge in [-0.2, -0.15) is 0 Å². The highest BCUT2D eigenvalue weighted by Gasteiger charge is 2.06. The lowest BCUT2D eigenvalue weighted by molar-refractivity contribution is -0.384. The van der Waals surface area contributed by atoms with Crippen molar-refractivity contribution in [3.05, 3.63) is 33.9 Å². The first-order valence-electron chi connectivity index (χ1n) is 4.53. The average Bonchev–Trinajstić information content (AvgIpc) is 2.17. The van der Waals surface area contributed by atoms with E-state index in [4.69, 9.17) is 0 Å². The molecule has 15 heavy (non-hydrogen) atoms. The number of hydrogen-bond acceptors (Lipinski definition) is 3. The van der Waals surface area contributed by atoms with E-state index in [0.717, 1.165) is 11.3 Å². The lowest BCUT2D eigenvalue weighted by Crippen LogP contribution is -2.00. The van der Waals surface area contributed by atoms with E-state index in [9.17, 15) is 10.1 Å². The van der Waals surface area contributed by atoms with Crippen molar-refractivity contribution in [2.45, 2.75) is 13.8 Å². The zero-order valence-corrected chi connectivity index (χ0v) is 8.70. The van der Waals surface area contributed by atoms with E-state index in [1.807, 2.05) is 13.0 Å². The second kappa shape index (κ2) is 5.01. The monoisotopic (exact) mass is 204 g/mol. The highest BCUT2D eigenvalue weighted by Crippen LogP contribution is 2.19. The Morgan fingerprint density at radius 2 is 2.20 bits per heavy atom. The van der Waals surface area contributed by atoms with Crippen molar-refractivity contribution in [3.8, 4) is 11.8 Å². The first-order valence-corrected chi connectivity index (χ1v) is 4.53. The Morgan fingerprint density at radius 1 is 1.47 bits per heavy atom. The number of non-ortho nitro benzene ring substituents is 1. The third-order valence-electron chi connectivity index (χ3n) is 1.83. The van der Waals surface area contributed by atoms with Crippen LogP contribution in [0.25, 0.3) is 0 Å². The van der Waals surface area contributed by atoms with Crippen LogP contribution in [0.2, 0.25) is 0 Å². The van der Waals surface area contributed by atoms with Crippen molar-refractivity contribution in [2.24, 2.45) is 0 Å². The fraction of sp³-hybridized carbons (Fsp3) is 0.273. The van der Waals surface area contributed by atoms with Crippen LogP contribution in [-0.4, -0.2) is 11.5 Å². The van der Waals surface area contributed by atoms with Gasteiger partial charge in [0.2, 0.25) is 0 Å². The van der Waals surface area contributed by atoms with Gasteiger partial charge in [0.15, 0.2) is 0 Å².